The van der Waals surface area contributed by atoms with Gasteiger partial charge in [0.05, 0.1) is 0 Å². The summed E-state index contributed by atoms with van der Waals surface area (Å²) in [5, 5.41) is 2.89. The largest absolute Gasteiger partial charge is 0.352 e. The van der Waals surface area contributed by atoms with Crippen molar-refractivity contribution in [3.05, 3.63) is 64.4 Å². The summed E-state index contributed by atoms with van der Waals surface area (Å²) in [6, 6.07) is 11.8. The van der Waals surface area contributed by atoms with Gasteiger partial charge in [0.25, 0.3) is 0 Å². The maximum absolute atomic E-state index is 11.7. The third-order valence-electron chi connectivity index (χ3n) is 2.74. The summed E-state index contributed by atoms with van der Waals surface area (Å²) in [7, 11) is 0. The number of carbonyl (C=O) groups excluding carboxylic acids is 1. The van der Waals surface area contributed by atoms with Gasteiger partial charge in [-0.2, -0.15) is 0 Å². The summed E-state index contributed by atoms with van der Waals surface area (Å²) in [4.78, 5) is 15.7. The predicted octanol–water partition coefficient (Wildman–Crippen LogP) is 3.09. The average molecular weight is 319 g/mol. The maximum atomic E-state index is 11.7. The van der Waals surface area contributed by atoms with Crippen molar-refractivity contribution >= 4 is 21.8 Å². The lowest BCUT2D eigenvalue weighted by atomic mass is 10.1. The first-order valence-corrected chi connectivity index (χ1v) is 6.93. The van der Waals surface area contributed by atoms with Crippen LogP contribution >= 0.6 is 15.9 Å². The molecule has 1 amide bonds. The number of hydrogen-bond donors (Lipinski definition) is 1. The minimum Gasteiger partial charge on any atom is -0.352 e. The highest BCUT2D eigenvalue weighted by molar-refractivity contribution is 9.10. The highest BCUT2D eigenvalue weighted by atomic mass is 79.9. The summed E-state index contributed by atoms with van der Waals surface area (Å²) in [5.74, 6) is 0.0591. The van der Waals surface area contributed by atoms with Gasteiger partial charge in [-0.3, -0.25) is 9.78 Å². The standard InChI is InChI=1S/C15H15BrN2O/c16-14-5-1-3-12(9-14)6-7-15(19)18-11-13-4-2-8-17-10-13/h1-5,8-10H,6-7,11H2,(H,18,19). The van der Waals surface area contributed by atoms with E-state index in [4.69, 9.17) is 0 Å². The van der Waals surface area contributed by atoms with Crippen LogP contribution in [0.3, 0.4) is 0 Å². The van der Waals surface area contributed by atoms with E-state index in [1.165, 1.54) is 0 Å². The highest BCUT2D eigenvalue weighted by Gasteiger charge is 2.02. The van der Waals surface area contributed by atoms with Crippen LogP contribution in [0, 0.1) is 0 Å². The van der Waals surface area contributed by atoms with Crippen molar-refractivity contribution in [1.82, 2.24) is 10.3 Å². The van der Waals surface area contributed by atoms with Crippen molar-refractivity contribution in [1.29, 1.82) is 0 Å². The van der Waals surface area contributed by atoms with E-state index in [9.17, 15) is 4.79 Å². The number of pyridine rings is 1. The Hall–Kier alpha value is -1.68. The third-order valence-corrected chi connectivity index (χ3v) is 3.24. The van der Waals surface area contributed by atoms with E-state index in [-0.39, 0.29) is 5.91 Å². The van der Waals surface area contributed by atoms with E-state index in [0.717, 1.165) is 22.0 Å². The third kappa shape index (κ3) is 4.83. The average Bonchev–Trinajstić information content (AvgIpc) is 2.44. The van der Waals surface area contributed by atoms with Crippen LogP contribution in [0.15, 0.2) is 53.3 Å². The van der Waals surface area contributed by atoms with Gasteiger partial charge >= 0.3 is 0 Å². The van der Waals surface area contributed by atoms with Crippen LogP contribution in [0.1, 0.15) is 17.5 Å². The second-order valence-electron chi connectivity index (χ2n) is 4.27. The van der Waals surface area contributed by atoms with Gasteiger partial charge in [-0.1, -0.05) is 34.1 Å². The second kappa shape index (κ2) is 7.04. The van der Waals surface area contributed by atoms with Crippen LogP contribution in [-0.2, 0) is 17.8 Å². The Morgan fingerprint density at radius 3 is 2.79 bits per heavy atom. The monoisotopic (exact) mass is 318 g/mol. The molecule has 0 aliphatic heterocycles. The molecule has 0 saturated heterocycles. The summed E-state index contributed by atoms with van der Waals surface area (Å²) < 4.78 is 1.04. The highest BCUT2D eigenvalue weighted by Crippen LogP contribution is 2.12. The molecule has 0 aliphatic rings. The van der Waals surface area contributed by atoms with Gasteiger partial charge in [-0.05, 0) is 35.7 Å². The zero-order valence-corrected chi connectivity index (χ0v) is 12.1. The van der Waals surface area contributed by atoms with Crippen LogP contribution in [0.5, 0.6) is 0 Å². The number of halogens is 1. The summed E-state index contributed by atoms with van der Waals surface area (Å²) >= 11 is 3.42. The van der Waals surface area contributed by atoms with Gasteiger partial charge in [0.15, 0.2) is 0 Å². The second-order valence-corrected chi connectivity index (χ2v) is 5.18. The molecule has 0 bridgehead atoms. The molecule has 0 radical (unpaired) electrons. The molecule has 1 N–H and O–H groups in total. The summed E-state index contributed by atoms with van der Waals surface area (Å²) in [5.41, 5.74) is 2.17. The molecule has 0 atom stereocenters. The fourth-order valence-electron chi connectivity index (χ4n) is 1.74. The van der Waals surface area contributed by atoms with Crippen LogP contribution < -0.4 is 5.32 Å². The van der Waals surface area contributed by atoms with E-state index in [2.05, 4.69) is 26.2 Å². The smallest absolute Gasteiger partial charge is 0.220 e. The number of hydrogen-bond acceptors (Lipinski definition) is 2. The molecule has 0 spiro atoms. The zero-order valence-electron chi connectivity index (χ0n) is 10.5. The Morgan fingerprint density at radius 2 is 2.05 bits per heavy atom. The van der Waals surface area contributed by atoms with Crippen molar-refractivity contribution in [3.8, 4) is 0 Å². The molecule has 0 unspecified atom stereocenters. The molecule has 1 heterocycles. The topological polar surface area (TPSA) is 42.0 Å². The van der Waals surface area contributed by atoms with Crippen LogP contribution in [0.4, 0.5) is 0 Å². The van der Waals surface area contributed by atoms with Gasteiger partial charge in [0.2, 0.25) is 5.91 Å². The summed E-state index contributed by atoms with van der Waals surface area (Å²) in [6.07, 6.45) is 4.72. The van der Waals surface area contributed by atoms with Gasteiger partial charge in [0.1, 0.15) is 0 Å². The van der Waals surface area contributed by atoms with Crippen molar-refractivity contribution in [2.24, 2.45) is 0 Å². The molecule has 0 fully saturated rings. The number of nitrogens with one attached hydrogen (secondary N) is 1. The van der Waals surface area contributed by atoms with Gasteiger partial charge < -0.3 is 5.32 Å². The SMILES string of the molecule is O=C(CCc1cccc(Br)c1)NCc1cccnc1. The Bertz CT molecular complexity index is 543. The molecule has 4 heteroatoms. The molecular formula is C15H15BrN2O. The molecule has 1 aromatic heterocycles. The molecule has 0 saturated carbocycles. The Morgan fingerprint density at radius 1 is 1.21 bits per heavy atom. The van der Waals surface area contributed by atoms with Gasteiger partial charge in [0, 0.05) is 29.8 Å². The minimum atomic E-state index is 0.0591. The van der Waals surface area contributed by atoms with Crippen LogP contribution in [-0.4, -0.2) is 10.9 Å². The number of amides is 1. The van der Waals surface area contributed by atoms with Gasteiger partial charge in [-0.15, -0.1) is 0 Å². The quantitative estimate of drug-likeness (QED) is 0.920. The molecule has 2 rings (SSSR count). The van der Waals surface area contributed by atoms with Crippen molar-refractivity contribution in [2.75, 3.05) is 0 Å². The van der Waals surface area contributed by atoms with Crippen molar-refractivity contribution in [2.45, 2.75) is 19.4 Å². The zero-order chi connectivity index (χ0) is 13.5. The van der Waals surface area contributed by atoms with E-state index in [1.54, 1.807) is 12.4 Å². The first kappa shape index (κ1) is 13.7. The molecule has 98 valence electrons. The first-order valence-electron chi connectivity index (χ1n) is 6.14. The van der Waals surface area contributed by atoms with Crippen molar-refractivity contribution in [3.63, 3.8) is 0 Å². The molecule has 3 nitrogen and oxygen atoms in total. The Labute approximate surface area is 121 Å². The lowest BCUT2D eigenvalue weighted by Gasteiger charge is -2.05. The lowest BCUT2D eigenvalue weighted by Crippen LogP contribution is -2.23. The number of benzene rings is 1. The first-order chi connectivity index (χ1) is 9.24. The number of carbonyl (C=O) groups is 1. The normalized spacial score (nSPS) is 10.2. The number of rotatable bonds is 5. The lowest BCUT2D eigenvalue weighted by molar-refractivity contribution is -0.121. The van der Waals surface area contributed by atoms with E-state index in [0.29, 0.717) is 13.0 Å². The minimum absolute atomic E-state index is 0.0591. The molecule has 1 aromatic carbocycles. The maximum Gasteiger partial charge on any atom is 0.220 e. The molecule has 19 heavy (non-hydrogen) atoms. The molecule has 0 aliphatic carbocycles. The Balaban J connectivity index is 1.76. The number of aryl methyl sites for hydroxylation is 1. The van der Waals surface area contributed by atoms with Crippen LogP contribution in [0.25, 0.3) is 0 Å². The van der Waals surface area contributed by atoms with Gasteiger partial charge in [-0.25, -0.2) is 0 Å². The number of aromatic nitrogens is 1. The molecule has 2 aromatic rings. The molecular weight excluding hydrogens is 304 g/mol. The van der Waals surface area contributed by atoms with Crippen molar-refractivity contribution < 1.29 is 4.79 Å². The van der Waals surface area contributed by atoms with Crippen LogP contribution in [0.2, 0.25) is 0 Å². The Kier molecular flexibility index (Phi) is 5.10. The van der Waals surface area contributed by atoms with E-state index in [1.807, 2.05) is 36.4 Å². The van der Waals surface area contributed by atoms with E-state index >= 15 is 0 Å². The fourth-order valence-corrected chi connectivity index (χ4v) is 2.19. The summed E-state index contributed by atoms with van der Waals surface area (Å²) in [6.45, 7) is 0.533. The van der Waals surface area contributed by atoms with E-state index < -0.39 is 0 Å². The predicted molar refractivity (Wildman–Crippen MR) is 78.5 cm³/mol. The number of nitrogens with zero attached hydrogens (tertiary/aromatic N) is 1. The fraction of sp³-hybridized carbons (Fsp3) is 0.200.